The minimum Gasteiger partial charge on any atom is -0.450 e. The van der Waals surface area contributed by atoms with E-state index >= 15 is 0 Å². The highest BCUT2D eigenvalue weighted by molar-refractivity contribution is 9.10. The van der Waals surface area contributed by atoms with Crippen molar-refractivity contribution >= 4 is 59.5 Å². The molecule has 1 saturated heterocycles. The van der Waals surface area contributed by atoms with Crippen LogP contribution in [-0.4, -0.2) is 80.2 Å². The summed E-state index contributed by atoms with van der Waals surface area (Å²) in [4.78, 5) is 31.4. The lowest BCUT2D eigenvalue weighted by Crippen LogP contribution is -2.50. The second-order valence-electron chi connectivity index (χ2n) is 8.38. The fraction of sp³-hybridized carbons (Fsp3) is 0.400. The lowest BCUT2D eigenvalue weighted by atomic mass is 10.2. The van der Waals surface area contributed by atoms with E-state index in [1.807, 2.05) is 29.7 Å². The van der Waals surface area contributed by atoms with Crippen molar-refractivity contribution in [1.29, 1.82) is 0 Å². The van der Waals surface area contributed by atoms with Gasteiger partial charge in [-0.2, -0.15) is 9.30 Å². The molecule has 1 fully saturated rings. The first kappa shape index (κ1) is 28.4. The van der Waals surface area contributed by atoms with Crippen LogP contribution in [0.25, 0.3) is 10.2 Å². The number of rotatable bonds is 8. The summed E-state index contributed by atoms with van der Waals surface area (Å²) in [6.07, 6.45) is -0.443. The van der Waals surface area contributed by atoms with Gasteiger partial charge < -0.3 is 18.9 Å². The molecule has 4 rings (SSSR count). The van der Waals surface area contributed by atoms with E-state index in [1.165, 1.54) is 44.8 Å². The number of thiazole rings is 1. The molecule has 2 amide bonds. The lowest BCUT2D eigenvalue weighted by molar-refractivity contribution is 0.0933. The number of ether oxygens (including phenoxy) is 2. The average molecular weight is 626 g/mol. The van der Waals surface area contributed by atoms with E-state index < -0.39 is 22.0 Å². The Morgan fingerprint density at radius 1 is 1.03 bits per heavy atom. The lowest BCUT2D eigenvalue weighted by Gasteiger charge is -2.33. The third-order valence-corrected chi connectivity index (χ3v) is 9.46. The van der Waals surface area contributed by atoms with Crippen molar-refractivity contribution in [2.45, 2.75) is 25.3 Å². The summed E-state index contributed by atoms with van der Waals surface area (Å²) in [7, 11) is -3.77. The number of hydrogen-bond donors (Lipinski definition) is 0. The Kier molecular flexibility index (Phi) is 9.36. The summed E-state index contributed by atoms with van der Waals surface area (Å²) >= 11 is 4.89. The summed E-state index contributed by atoms with van der Waals surface area (Å²) in [5, 5.41) is 0. The van der Waals surface area contributed by atoms with E-state index in [2.05, 4.69) is 20.9 Å². The highest BCUT2D eigenvalue weighted by atomic mass is 79.9. The standard InChI is InChI=1S/C25H29BrN4O6S2/c1-3-35-16-15-30-21-10-7-19(26)17-22(21)37-24(30)27-23(31)18-5-8-20(9-6-18)38(33,34)29-13-11-28(12-14-29)25(32)36-4-2/h5-10,17H,3-4,11-16H2,1-2H3. The molecule has 0 aliphatic carbocycles. The molecule has 13 heteroatoms. The van der Waals surface area contributed by atoms with Crippen molar-refractivity contribution in [2.75, 3.05) is 46.0 Å². The van der Waals surface area contributed by atoms with E-state index in [9.17, 15) is 18.0 Å². The number of carbonyl (C=O) groups excluding carboxylic acids is 2. The first-order valence-corrected chi connectivity index (χ1v) is 15.3. The van der Waals surface area contributed by atoms with Crippen LogP contribution in [0.4, 0.5) is 4.79 Å². The molecule has 0 unspecified atom stereocenters. The minimum atomic E-state index is -3.77. The summed E-state index contributed by atoms with van der Waals surface area (Å²) < 4.78 is 41.9. The minimum absolute atomic E-state index is 0.0807. The van der Waals surface area contributed by atoms with Gasteiger partial charge in [-0.05, 0) is 56.3 Å². The zero-order valence-corrected chi connectivity index (χ0v) is 24.4. The molecule has 2 aromatic carbocycles. The molecular formula is C25H29BrN4O6S2. The fourth-order valence-electron chi connectivity index (χ4n) is 4.04. The molecule has 204 valence electrons. The SMILES string of the molecule is CCOCCn1c(=NC(=O)c2ccc(S(=O)(=O)N3CCN(C(=O)OCC)CC3)cc2)sc2cc(Br)ccc21. The molecule has 0 radical (unpaired) electrons. The summed E-state index contributed by atoms with van der Waals surface area (Å²) in [5.41, 5.74) is 1.24. The molecule has 3 aromatic rings. The van der Waals surface area contributed by atoms with Crippen LogP contribution in [0.5, 0.6) is 0 Å². The van der Waals surface area contributed by atoms with Crippen molar-refractivity contribution in [3.8, 4) is 0 Å². The molecule has 0 N–H and O–H groups in total. The maximum atomic E-state index is 13.1. The van der Waals surface area contributed by atoms with Gasteiger partial charge in [0.1, 0.15) is 0 Å². The van der Waals surface area contributed by atoms with Gasteiger partial charge in [-0.25, -0.2) is 13.2 Å². The highest BCUT2D eigenvalue weighted by Gasteiger charge is 2.30. The predicted molar refractivity (Wildman–Crippen MR) is 148 cm³/mol. The van der Waals surface area contributed by atoms with Gasteiger partial charge in [-0.15, -0.1) is 0 Å². The molecule has 0 atom stereocenters. The topological polar surface area (TPSA) is 111 Å². The maximum absolute atomic E-state index is 13.1. The second kappa shape index (κ2) is 12.5. The van der Waals surface area contributed by atoms with E-state index in [0.717, 1.165) is 14.7 Å². The van der Waals surface area contributed by atoms with Crippen LogP contribution in [0, 0.1) is 0 Å². The van der Waals surface area contributed by atoms with E-state index in [-0.39, 0.29) is 43.2 Å². The number of benzene rings is 2. The molecule has 0 bridgehead atoms. The van der Waals surface area contributed by atoms with Gasteiger partial charge in [0.05, 0.1) is 28.3 Å². The van der Waals surface area contributed by atoms with E-state index in [4.69, 9.17) is 9.47 Å². The summed E-state index contributed by atoms with van der Waals surface area (Å²) in [6, 6.07) is 11.7. The van der Waals surface area contributed by atoms with Crippen molar-refractivity contribution in [3.05, 3.63) is 57.3 Å². The molecule has 0 saturated carbocycles. The molecule has 2 heterocycles. The van der Waals surface area contributed by atoms with Gasteiger partial charge >= 0.3 is 6.09 Å². The Bertz CT molecular complexity index is 1480. The number of piperazine rings is 1. The zero-order chi connectivity index (χ0) is 27.3. The Morgan fingerprint density at radius 2 is 1.74 bits per heavy atom. The van der Waals surface area contributed by atoms with Gasteiger partial charge in [0.25, 0.3) is 5.91 Å². The van der Waals surface area contributed by atoms with Crippen LogP contribution in [0.3, 0.4) is 0 Å². The Hall–Kier alpha value is -2.58. The van der Waals surface area contributed by atoms with Gasteiger partial charge in [0.15, 0.2) is 4.80 Å². The Labute approximate surface area is 233 Å². The number of amides is 2. The summed E-state index contributed by atoms with van der Waals surface area (Å²) in [6.45, 7) is 6.38. The molecule has 38 heavy (non-hydrogen) atoms. The van der Waals surface area contributed by atoms with E-state index in [1.54, 1.807) is 6.92 Å². The van der Waals surface area contributed by atoms with E-state index in [0.29, 0.717) is 24.6 Å². The highest BCUT2D eigenvalue weighted by Crippen LogP contribution is 2.23. The van der Waals surface area contributed by atoms with Crippen LogP contribution < -0.4 is 4.80 Å². The molecule has 10 nitrogen and oxygen atoms in total. The normalized spacial score (nSPS) is 15.2. The molecule has 1 aliphatic heterocycles. The Balaban J connectivity index is 1.53. The number of nitrogens with zero attached hydrogens (tertiary/aromatic N) is 4. The number of fused-ring (bicyclic) bond motifs is 1. The van der Waals surface area contributed by atoms with Crippen molar-refractivity contribution in [1.82, 2.24) is 13.8 Å². The number of carbonyl (C=O) groups is 2. The first-order chi connectivity index (χ1) is 18.2. The molecule has 1 aliphatic rings. The Morgan fingerprint density at radius 3 is 2.39 bits per heavy atom. The third kappa shape index (κ3) is 6.34. The van der Waals surface area contributed by atoms with Crippen molar-refractivity contribution < 1.29 is 27.5 Å². The first-order valence-electron chi connectivity index (χ1n) is 12.2. The quantitative estimate of drug-likeness (QED) is 0.353. The number of hydrogen-bond acceptors (Lipinski definition) is 7. The van der Waals surface area contributed by atoms with Crippen LogP contribution in [-0.2, 0) is 26.0 Å². The van der Waals surface area contributed by atoms with Crippen LogP contribution in [0.15, 0.2) is 56.8 Å². The smallest absolute Gasteiger partial charge is 0.409 e. The van der Waals surface area contributed by atoms with Gasteiger partial charge in [0, 0.05) is 49.4 Å². The predicted octanol–water partition coefficient (Wildman–Crippen LogP) is 3.71. The van der Waals surface area contributed by atoms with Gasteiger partial charge in [-0.1, -0.05) is 27.3 Å². The zero-order valence-electron chi connectivity index (χ0n) is 21.1. The van der Waals surface area contributed by atoms with Crippen LogP contribution in [0.1, 0.15) is 24.2 Å². The third-order valence-electron chi connectivity index (χ3n) is 6.01. The number of halogens is 1. The van der Waals surface area contributed by atoms with Crippen molar-refractivity contribution in [2.24, 2.45) is 4.99 Å². The van der Waals surface area contributed by atoms with Gasteiger partial charge in [0.2, 0.25) is 10.0 Å². The summed E-state index contributed by atoms with van der Waals surface area (Å²) in [5.74, 6) is -0.465. The second-order valence-corrected chi connectivity index (χ2v) is 12.2. The fourth-order valence-corrected chi connectivity index (χ4v) is 7.07. The van der Waals surface area contributed by atoms with Gasteiger partial charge in [-0.3, -0.25) is 4.79 Å². The number of sulfonamides is 1. The van der Waals surface area contributed by atoms with Crippen LogP contribution in [0.2, 0.25) is 0 Å². The van der Waals surface area contributed by atoms with Crippen LogP contribution >= 0.6 is 27.3 Å². The molecule has 1 aromatic heterocycles. The average Bonchev–Trinajstić information content (AvgIpc) is 3.24. The molecule has 0 spiro atoms. The van der Waals surface area contributed by atoms with Crippen molar-refractivity contribution in [3.63, 3.8) is 0 Å². The largest absolute Gasteiger partial charge is 0.450 e. The molecular weight excluding hydrogens is 596 g/mol. The maximum Gasteiger partial charge on any atom is 0.409 e. The number of aromatic nitrogens is 1. The monoisotopic (exact) mass is 624 g/mol.